The van der Waals surface area contributed by atoms with E-state index in [9.17, 15) is 4.79 Å². The smallest absolute Gasteiger partial charge is 0.251 e. The molecule has 4 rings (SSSR count). The van der Waals surface area contributed by atoms with Gasteiger partial charge in [-0.15, -0.1) is 11.3 Å². The number of pyridine rings is 1. The number of thiophene rings is 2. The van der Waals surface area contributed by atoms with Crippen molar-refractivity contribution in [2.24, 2.45) is 0 Å². The molecule has 0 radical (unpaired) electrons. The van der Waals surface area contributed by atoms with Crippen LogP contribution in [0.2, 0.25) is 0 Å². The number of nitrogens with zero attached hydrogens (tertiary/aromatic N) is 1. The van der Waals surface area contributed by atoms with Crippen LogP contribution in [0, 0.1) is 0 Å². The SMILES string of the molecule is O=C(NCc1ccnc(-c2ccsc2)c1)c1ccc(-c2cccs2)cc1. The lowest BCUT2D eigenvalue weighted by Gasteiger charge is -2.07. The molecule has 3 aromatic heterocycles. The average molecular weight is 377 g/mol. The number of nitrogens with one attached hydrogen (secondary N) is 1. The Balaban J connectivity index is 1.42. The molecular formula is C21H16N2OS2. The second-order valence-corrected chi connectivity index (χ2v) is 7.53. The van der Waals surface area contributed by atoms with Crippen molar-refractivity contribution in [3.63, 3.8) is 0 Å². The number of amides is 1. The first-order chi connectivity index (χ1) is 12.8. The second kappa shape index (κ2) is 7.64. The number of hydrogen-bond donors (Lipinski definition) is 1. The number of rotatable bonds is 5. The summed E-state index contributed by atoms with van der Waals surface area (Å²) >= 11 is 3.34. The summed E-state index contributed by atoms with van der Waals surface area (Å²) < 4.78 is 0. The van der Waals surface area contributed by atoms with Gasteiger partial charge in [0.15, 0.2) is 0 Å². The van der Waals surface area contributed by atoms with Crippen LogP contribution in [-0.4, -0.2) is 10.9 Å². The molecular weight excluding hydrogens is 360 g/mol. The average Bonchev–Trinajstić information content (AvgIpc) is 3.40. The lowest BCUT2D eigenvalue weighted by Crippen LogP contribution is -2.22. The number of benzene rings is 1. The van der Waals surface area contributed by atoms with Crippen LogP contribution < -0.4 is 5.32 Å². The number of hydrogen-bond acceptors (Lipinski definition) is 4. The number of aromatic nitrogens is 1. The Morgan fingerprint density at radius 1 is 1.00 bits per heavy atom. The van der Waals surface area contributed by atoms with Crippen molar-refractivity contribution < 1.29 is 4.79 Å². The Labute approximate surface area is 160 Å². The Morgan fingerprint density at radius 2 is 1.88 bits per heavy atom. The summed E-state index contributed by atoms with van der Waals surface area (Å²) in [6.07, 6.45) is 1.78. The molecule has 1 N–H and O–H groups in total. The van der Waals surface area contributed by atoms with Crippen LogP contribution in [-0.2, 0) is 6.54 Å². The molecule has 128 valence electrons. The molecule has 26 heavy (non-hydrogen) atoms. The first-order valence-corrected chi connectivity index (χ1v) is 10.0. The standard InChI is InChI=1S/C21H16N2OS2/c24-21(17-5-3-16(4-6-17)20-2-1-10-26-20)23-13-15-7-9-22-19(12-15)18-8-11-25-14-18/h1-12,14H,13H2,(H,23,24). The molecule has 0 bridgehead atoms. The minimum absolute atomic E-state index is 0.0726. The lowest BCUT2D eigenvalue weighted by atomic mass is 10.1. The fourth-order valence-corrected chi connectivity index (χ4v) is 4.05. The van der Waals surface area contributed by atoms with E-state index in [2.05, 4.69) is 27.1 Å². The van der Waals surface area contributed by atoms with Gasteiger partial charge in [0.1, 0.15) is 0 Å². The molecule has 1 aromatic carbocycles. The van der Waals surface area contributed by atoms with E-state index < -0.39 is 0 Å². The zero-order valence-electron chi connectivity index (χ0n) is 13.9. The fraction of sp³-hybridized carbons (Fsp3) is 0.0476. The molecule has 5 heteroatoms. The highest BCUT2D eigenvalue weighted by Gasteiger charge is 2.07. The van der Waals surface area contributed by atoms with E-state index in [0.717, 1.165) is 22.4 Å². The molecule has 3 nitrogen and oxygen atoms in total. The zero-order chi connectivity index (χ0) is 17.8. The van der Waals surface area contributed by atoms with Crippen molar-refractivity contribution in [1.29, 1.82) is 0 Å². The van der Waals surface area contributed by atoms with Gasteiger partial charge in [-0.3, -0.25) is 9.78 Å². The number of carbonyl (C=O) groups is 1. The van der Waals surface area contributed by atoms with Crippen LogP contribution in [0.15, 0.2) is 76.9 Å². The summed E-state index contributed by atoms with van der Waals surface area (Å²) in [5.41, 5.74) is 4.86. The maximum atomic E-state index is 12.4. The van der Waals surface area contributed by atoms with E-state index in [1.165, 1.54) is 4.88 Å². The van der Waals surface area contributed by atoms with E-state index in [4.69, 9.17) is 0 Å². The van der Waals surface area contributed by atoms with Gasteiger partial charge < -0.3 is 5.32 Å². The molecule has 0 aliphatic rings. The number of carbonyl (C=O) groups excluding carboxylic acids is 1. The van der Waals surface area contributed by atoms with Crippen molar-refractivity contribution in [1.82, 2.24) is 10.3 Å². The van der Waals surface area contributed by atoms with Gasteiger partial charge in [-0.25, -0.2) is 0 Å². The molecule has 1 amide bonds. The highest BCUT2D eigenvalue weighted by Crippen LogP contribution is 2.24. The van der Waals surface area contributed by atoms with E-state index in [0.29, 0.717) is 12.1 Å². The monoisotopic (exact) mass is 376 g/mol. The summed E-state index contributed by atoms with van der Waals surface area (Å²) in [7, 11) is 0. The van der Waals surface area contributed by atoms with Gasteiger partial charge in [0.25, 0.3) is 5.91 Å². The van der Waals surface area contributed by atoms with Crippen molar-refractivity contribution in [2.75, 3.05) is 0 Å². The van der Waals surface area contributed by atoms with Gasteiger partial charge in [0, 0.05) is 34.1 Å². The maximum absolute atomic E-state index is 12.4. The third-order valence-electron chi connectivity index (χ3n) is 4.05. The van der Waals surface area contributed by atoms with Crippen LogP contribution in [0.1, 0.15) is 15.9 Å². The third kappa shape index (κ3) is 3.74. The highest BCUT2D eigenvalue weighted by atomic mass is 32.1. The first kappa shape index (κ1) is 16.7. The van der Waals surface area contributed by atoms with Crippen LogP contribution in [0.25, 0.3) is 21.7 Å². The summed E-state index contributed by atoms with van der Waals surface area (Å²) in [6.45, 7) is 0.477. The topological polar surface area (TPSA) is 42.0 Å². The molecule has 0 spiro atoms. The molecule has 3 heterocycles. The molecule has 0 fully saturated rings. The Bertz CT molecular complexity index is 991. The summed E-state index contributed by atoms with van der Waals surface area (Å²) in [6, 6.07) is 17.8. The lowest BCUT2D eigenvalue weighted by molar-refractivity contribution is 0.0951. The minimum atomic E-state index is -0.0726. The molecule has 0 atom stereocenters. The molecule has 0 saturated heterocycles. The van der Waals surface area contributed by atoms with Gasteiger partial charge in [0.2, 0.25) is 0 Å². The quantitative estimate of drug-likeness (QED) is 0.502. The maximum Gasteiger partial charge on any atom is 0.251 e. The minimum Gasteiger partial charge on any atom is -0.348 e. The van der Waals surface area contributed by atoms with E-state index in [-0.39, 0.29) is 5.91 Å². The van der Waals surface area contributed by atoms with Gasteiger partial charge >= 0.3 is 0 Å². The molecule has 0 aliphatic heterocycles. The van der Waals surface area contributed by atoms with Gasteiger partial charge in [-0.1, -0.05) is 18.2 Å². The fourth-order valence-electron chi connectivity index (χ4n) is 2.67. The molecule has 4 aromatic rings. The Morgan fingerprint density at radius 3 is 2.62 bits per heavy atom. The van der Waals surface area contributed by atoms with Crippen molar-refractivity contribution >= 4 is 28.6 Å². The Hall–Kier alpha value is -2.76. The van der Waals surface area contributed by atoms with E-state index >= 15 is 0 Å². The molecule has 0 saturated carbocycles. The van der Waals surface area contributed by atoms with Gasteiger partial charge in [-0.05, 0) is 58.3 Å². The van der Waals surface area contributed by atoms with Crippen LogP contribution in [0.3, 0.4) is 0 Å². The third-order valence-corrected chi connectivity index (χ3v) is 5.65. The predicted molar refractivity (Wildman–Crippen MR) is 108 cm³/mol. The van der Waals surface area contributed by atoms with Crippen LogP contribution in [0.4, 0.5) is 0 Å². The van der Waals surface area contributed by atoms with Crippen LogP contribution in [0.5, 0.6) is 0 Å². The second-order valence-electron chi connectivity index (χ2n) is 5.80. The Kier molecular flexibility index (Phi) is 4.91. The zero-order valence-corrected chi connectivity index (χ0v) is 15.5. The van der Waals surface area contributed by atoms with Gasteiger partial charge in [0.05, 0.1) is 5.69 Å². The largest absolute Gasteiger partial charge is 0.348 e. The summed E-state index contributed by atoms with van der Waals surface area (Å²) in [5, 5.41) is 9.13. The summed E-state index contributed by atoms with van der Waals surface area (Å²) in [4.78, 5) is 18.0. The predicted octanol–water partition coefficient (Wildman–Crippen LogP) is 5.47. The highest BCUT2D eigenvalue weighted by molar-refractivity contribution is 7.13. The normalized spacial score (nSPS) is 10.6. The summed E-state index contributed by atoms with van der Waals surface area (Å²) in [5.74, 6) is -0.0726. The van der Waals surface area contributed by atoms with Gasteiger partial charge in [-0.2, -0.15) is 11.3 Å². The van der Waals surface area contributed by atoms with Crippen molar-refractivity contribution in [3.05, 3.63) is 88.1 Å². The molecule has 0 unspecified atom stereocenters. The van der Waals surface area contributed by atoms with Crippen molar-refractivity contribution in [3.8, 4) is 21.7 Å². The first-order valence-electron chi connectivity index (χ1n) is 8.19. The van der Waals surface area contributed by atoms with E-state index in [1.54, 1.807) is 28.9 Å². The van der Waals surface area contributed by atoms with E-state index in [1.807, 2.05) is 53.9 Å². The van der Waals surface area contributed by atoms with Crippen LogP contribution >= 0.6 is 22.7 Å². The van der Waals surface area contributed by atoms with Crippen molar-refractivity contribution in [2.45, 2.75) is 6.54 Å². The molecule has 0 aliphatic carbocycles.